The number of esters is 2. The van der Waals surface area contributed by atoms with Gasteiger partial charge in [0.25, 0.3) is 0 Å². The van der Waals surface area contributed by atoms with Gasteiger partial charge in [-0.1, -0.05) is 217 Å². The number of quaternary nitrogens is 1. The molecule has 0 aromatic heterocycles. The highest BCUT2D eigenvalue weighted by molar-refractivity contribution is 5.72. The molecule has 0 aliphatic carbocycles. The Morgan fingerprint density at radius 2 is 0.875 bits per heavy atom. The number of hydrogen-bond acceptors (Lipinski definition) is 6. The molecule has 8 nitrogen and oxygen atoms in total. The van der Waals surface area contributed by atoms with Gasteiger partial charge in [-0.05, 0) is 51.4 Å². The van der Waals surface area contributed by atoms with Crippen LogP contribution >= 0.6 is 0 Å². The molecule has 2 atom stereocenters. The smallest absolute Gasteiger partial charge is 0.362 e. The monoisotopic (exact) mass is 901 g/mol. The molecule has 0 rings (SSSR count). The van der Waals surface area contributed by atoms with E-state index in [9.17, 15) is 19.5 Å². The zero-order valence-electron chi connectivity index (χ0n) is 42.5. The van der Waals surface area contributed by atoms with Crippen molar-refractivity contribution in [1.29, 1.82) is 0 Å². The van der Waals surface area contributed by atoms with Gasteiger partial charge >= 0.3 is 17.9 Å². The number of rotatable bonds is 48. The first kappa shape index (κ1) is 61.3. The van der Waals surface area contributed by atoms with Crippen molar-refractivity contribution in [1.82, 2.24) is 0 Å². The Morgan fingerprint density at radius 1 is 0.484 bits per heavy atom. The summed E-state index contributed by atoms with van der Waals surface area (Å²) in [5.41, 5.74) is 0. The number of hydrogen-bond donors (Lipinski definition) is 1. The first-order chi connectivity index (χ1) is 31.1. The molecule has 64 heavy (non-hydrogen) atoms. The summed E-state index contributed by atoms with van der Waals surface area (Å²) in [5.74, 6) is -1.47. The standard InChI is InChI=1S/C56H101NO7/c1-6-8-10-12-14-16-18-20-22-24-26-27-29-31-33-35-37-39-41-43-45-47-55(59)64-52(50-62-49-48-53(56(60)61)57(3,4)5)51-63-54(58)46-44-42-40-38-36-34-32-30-28-25-23-21-19-17-15-13-11-9-7-2/h9,11,15,17,21,23,28,30,52-53H,6-8,10,12-14,16,18-20,22,24-27,29,31-51H2,1-5H3/p+1/b11-9+,17-15+,23-21+,30-28+. The summed E-state index contributed by atoms with van der Waals surface area (Å²) in [6, 6.07) is -0.617. The molecular formula is C56H102NO7+. The Hall–Kier alpha value is -2.71. The molecule has 0 saturated heterocycles. The average molecular weight is 901 g/mol. The number of carboxylic acids is 1. The number of ether oxygens (including phenoxy) is 3. The third kappa shape index (κ3) is 44.5. The number of unbranched alkanes of at least 4 members (excludes halogenated alkanes) is 26. The molecule has 0 amide bonds. The van der Waals surface area contributed by atoms with Crippen molar-refractivity contribution in [3.8, 4) is 0 Å². The molecule has 0 radical (unpaired) electrons. The fourth-order valence-corrected chi connectivity index (χ4v) is 7.91. The maximum atomic E-state index is 12.8. The minimum Gasteiger partial charge on any atom is -0.477 e. The Morgan fingerprint density at radius 3 is 1.30 bits per heavy atom. The first-order valence-corrected chi connectivity index (χ1v) is 26.7. The van der Waals surface area contributed by atoms with Crippen molar-refractivity contribution in [3.63, 3.8) is 0 Å². The number of aliphatic carboxylic acids is 1. The Kier molecular flexibility index (Phi) is 44.8. The summed E-state index contributed by atoms with van der Waals surface area (Å²) in [6.45, 7) is 4.64. The van der Waals surface area contributed by atoms with E-state index in [2.05, 4.69) is 62.5 Å². The summed E-state index contributed by atoms with van der Waals surface area (Å²) in [7, 11) is 5.54. The van der Waals surface area contributed by atoms with Crippen LogP contribution in [0, 0.1) is 0 Å². The first-order valence-electron chi connectivity index (χ1n) is 26.7. The van der Waals surface area contributed by atoms with Gasteiger partial charge in [-0.3, -0.25) is 9.59 Å². The zero-order valence-corrected chi connectivity index (χ0v) is 42.5. The molecule has 0 aromatic rings. The summed E-state index contributed by atoms with van der Waals surface area (Å²) < 4.78 is 17.4. The fourth-order valence-electron chi connectivity index (χ4n) is 7.91. The predicted octanol–water partition coefficient (Wildman–Crippen LogP) is 15.5. The molecule has 0 spiro atoms. The maximum Gasteiger partial charge on any atom is 0.362 e. The molecule has 2 unspecified atom stereocenters. The van der Waals surface area contributed by atoms with Crippen LogP contribution in [0.1, 0.15) is 239 Å². The van der Waals surface area contributed by atoms with E-state index in [1.54, 1.807) is 0 Å². The van der Waals surface area contributed by atoms with Crippen LogP contribution in [-0.2, 0) is 28.6 Å². The lowest BCUT2D eigenvalue weighted by atomic mass is 10.0. The molecule has 0 fully saturated rings. The number of carbonyl (C=O) groups is 3. The second-order valence-electron chi connectivity index (χ2n) is 19.1. The van der Waals surface area contributed by atoms with E-state index in [4.69, 9.17) is 14.2 Å². The lowest BCUT2D eigenvalue weighted by Gasteiger charge is -2.31. The highest BCUT2D eigenvalue weighted by Crippen LogP contribution is 2.17. The van der Waals surface area contributed by atoms with Gasteiger partial charge in [0.1, 0.15) is 6.61 Å². The minimum atomic E-state index is -0.875. The van der Waals surface area contributed by atoms with Crippen LogP contribution in [0.25, 0.3) is 0 Å². The maximum absolute atomic E-state index is 12.8. The van der Waals surface area contributed by atoms with E-state index < -0.39 is 18.1 Å². The molecule has 372 valence electrons. The zero-order chi connectivity index (χ0) is 47.0. The highest BCUT2D eigenvalue weighted by atomic mass is 16.6. The number of likely N-dealkylation sites (N-methyl/N-ethyl adjacent to an activating group) is 1. The van der Waals surface area contributed by atoms with Gasteiger partial charge in [0.2, 0.25) is 0 Å². The van der Waals surface area contributed by atoms with Crippen LogP contribution in [0.15, 0.2) is 48.6 Å². The third-order valence-electron chi connectivity index (χ3n) is 12.0. The normalized spacial score (nSPS) is 13.2. The molecule has 0 bridgehead atoms. The topological polar surface area (TPSA) is 99.1 Å². The van der Waals surface area contributed by atoms with Crippen LogP contribution in [0.3, 0.4) is 0 Å². The van der Waals surface area contributed by atoms with E-state index in [1.807, 2.05) is 21.1 Å². The van der Waals surface area contributed by atoms with Gasteiger partial charge in [-0.15, -0.1) is 0 Å². The van der Waals surface area contributed by atoms with Gasteiger partial charge in [-0.2, -0.15) is 0 Å². The molecule has 0 aromatic carbocycles. The van der Waals surface area contributed by atoms with Gasteiger partial charge in [-0.25, -0.2) is 4.79 Å². The van der Waals surface area contributed by atoms with E-state index in [0.29, 0.717) is 19.3 Å². The Balaban J connectivity index is 4.22. The van der Waals surface area contributed by atoms with Crippen molar-refractivity contribution in [3.05, 3.63) is 48.6 Å². The van der Waals surface area contributed by atoms with Crippen molar-refractivity contribution in [2.24, 2.45) is 0 Å². The van der Waals surface area contributed by atoms with Crippen molar-refractivity contribution < 1.29 is 38.2 Å². The Labute approximate surface area is 395 Å². The average Bonchev–Trinajstić information content (AvgIpc) is 3.26. The highest BCUT2D eigenvalue weighted by Gasteiger charge is 2.31. The lowest BCUT2D eigenvalue weighted by molar-refractivity contribution is -0.887. The molecule has 0 saturated carbocycles. The van der Waals surface area contributed by atoms with Gasteiger partial charge in [0.15, 0.2) is 12.1 Å². The molecule has 1 N–H and O–H groups in total. The fraction of sp³-hybridized carbons (Fsp3) is 0.804. The Bertz CT molecular complexity index is 1190. The lowest BCUT2D eigenvalue weighted by Crippen LogP contribution is -2.50. The SMILES string of the molecule is CC/C=C/C/C=C/C/C=C/C/C=C/CCCCCCCCC(=O)OCC(COCCC(C(=O)O)[N+](C)(C)C)OC(=O)CCCCCCCCCCCCCCCCCCCCCCC. The second-order valence-corrected chi connectivity index (χ2v) is 19.1. The number of carboxylic acid groups (broad SMARTS) is 1. The molecule has 0 aliphatic heterocycles. The molecule has 0 heterocycles. The second kappa shape index (κ2) is 46.8. The molecule has 0 aliphatic rings. The van der Waals surface area contributed by atoms with E-state index in [0.717, 1.165) is 77.0 Å². The van der Waals surface area contributed by atoms with Crippen molar-refractivity contribution in [2.45, 2.75) is 251 Å². The number of carbonyl (C=O) groups excluding carboxylic acids is 2. The van der Waals surface area contributed by atoms with Gasteiger partial charge in [0.05, 0.1) is 34.4 Å². The number of nitrogens with zero attached hydrogens (tertiary/aromatic N) is 1. The van der Waals surface area contributed by atoms with Crippen molar-refractivity contribution >= 4 is 17.9 Å². The summed E-state index contributed by atoms with van der Waals surface area (Å²) in [5, 5.41) is 9.66. The molecular weight excluding hydrogens is 799 g/mol. The van der Waals surface area contributed by atoms with Crippen LogP contribution < -0.4 is 0 Å². The number of allylic oxidation sites excluding steroid dienone is 8. The van der Waals surface area contributed by atoms with Crippen LogP contribution in [0.4, 0.5) is 0 Å². The van der Waals surface area contributed by atoms with Gasteiger partial charge in [0, 0.05) is 19.3 Å². The third-order valence-corrected chi connectivity index (χ3v) is 12.0. The quantitative estimate of drug-likeness (QED) is 0.0281. The van der Waals surface area contributed by atoms with Crippen LogP contribution in [0.2, 0.25) is 0 Å². The summed E-state index contributed by atoms with van der Waals surface area (Å²) in [4.78, 5) is 37.2. The van der Waals surface area contributed by atoms with E-state index in [1.165, 1.54) is 128 Å². The molecule has 8 heteroatoms. The van der Waals surface area contributed by atoms with E-state index in [-0.39, 0.29) is 36.2 Å². The van der Waals surface area contributed by atoms with Crippen molar-refractivity contribution in [2.75, 3.05) is 41.0 Å². The van der Waals surface area contributed by atoms with Gasteiger partial charge < -0.3 is 23.8 Å². The minimum absolute atomic E-state index is 0.0567. The summed E-state index contributed by atoms with van der Waals surface area (Å²) >= 11 is 0. The van der Waals surface area contributed by atoms with Crippen LogP contribution in [-0.4, -0.2) is 80.6 Å². The largest absolute Gasteiger partial charge is 0.477 e. The van der Waals surface area contributed by atoms with E-state index >= 15 is 0 Å². The van der Waals surface area contributed by atoms with Crippen LogP contribution in [0.5, 0.6) is 0 Å². The predicted molar refractivity (Wildman–Crippen MR) is 271 cm³/mol. The summed E-state index contributed by atoms with van der Waals surface area (Å²) in [6.07, 6.45) is 57.3.